The van der Waals surface area contributed by atoms with E-state index in [1.165, 1.54) is 30.6 Å². The third-order valence-electron chi connectivity index (χ3n) is 4.01. The summed E-state index contributed by atoms with van der Waals surface area (Å²) in [4.78, 5) is 35.8. The summed E-state index contributed by atoms with van der Waals surface area (Å²) in [5.41, 5.74) is 1.13. The molecule has 0 bridgehead atoms. The Balaban J connectivity index is 1.86. The molecule has 1 aliphatic heterocycles. The predicted molar refractivity (Wildman–Crippen MR) is 113 cm³/mol. The molecule has 9 heteroatoms. The molecule has 30 heavy (non-hydrogen) atoms. The summed E-state index contributed by atoms with van der Waals surface area (Å²) in [6, 6.07) is 13.7. The molecule has 0 fully saturated rings. The number of hydrogen-bond acceptors (Lipinski definition) is 7. The molecule has 0 aliphatic carbocycles. The van der Waals surface area contributed by atoms with Crippen LogP contribution < -0.4 is 14.8 Å². The van der Waals surface area contributed by atoms with E-state index in [9.17, 15) is 14.4 Å². The number of thioether (sulfide) groups is 1. The van der Waals surface area contributed by atoms with Gasteiger partial charge >= 0.3 is 5.97 Å². The van der Waals surface area contributed by atoms with Crippen LogP contribution in [0.5, 0.6) is 11.5 Å². The lowest BCUT2D eigenvalue weighted by atomic mass is 10.2. The van der Waals surface area contributed by atoms with Crippen molar-refractivity contribution in [3.63, 3.8) is 0 Å². The van der Waals surface area contributed by atoms with Gasteiger partial charge in [0.15, 0.2) is 16.7 Å². The predicted octanol–water partition coefficient (Wildman–Crippen LogP) is 3.31. The van der Waals surface area contributed by atoms with Crippen molar-refractivity contribution in [3.8, 4) is 11.5 Å². The Morgan fingerprint density at radius 1 is 1.10 bits per heavy atom. The van der Waals surface area contributed by atoms with Crippen molar-refractivity contribution < 1.29 is 23.9 Å². The fourth-order valence-corrected chi connectivity index (χ4v) is 3.87. The second kappa shape index (κ2) is 9.45. The van der Waals surface area contributed by atoms with E-state index in [1.807, 2.05) is 13.0 Å². The molecule has 0 radical (unpaired) electrons. The van der Waals surface area contributed by atoms with Gasteiger partial charge in [0.2, 0.25) is 11.8 Å². The van der Waals surface area contributed by atoms with Crippen LogP contribution in [0.15, 0.2) is 53.6 Å². The molecule has 0 spiro atoms. The Morgan fingerprint density at radius 2 is 1.83 bits per heavy atom. The zero-order chi connectivity index (χ0) is 21.7. The average molecular weight is 427 g/mol. The summed E-state index contributed by atoms with van der Waals surface area (Å²) in [6.07, 6.45) is 0. The number of benzene rings is 2. The lowest BCUT2D eigenvalue weighted by molar-refractivity contribution is -0.129. The van der Waals surface area contributed by atoms with Crippen LogP contribution in [0.25, 0.3) is 0 Å². The molecule has 1 atom stereocenters. The number of amides is 2. The van der Waals surface area contributed by atoms with Crippen LogP contribution in [0.4, 0.5) is 0 Å². The number of hydrogen-bond donors (Lipinski definition) is 1. The number of esters is 1. The van der Waals surface area contributed by atoms with Crippen molar-refractivity contribution in [2.45, 2.75) is 26.1 Å². The van der Waals surface area contributed by atoms with E-state index in [0.29, 0.717) is 28.7 Å². The number of nitrogens with zero attached hydrogens (tertiary/aromatic N) is 2. The molecule has 1 N–H and O–H groups in total. The first kappa shape index (κ1) is 21.4. The number of hydrazone groups is 1. The highest BCUT2D eigenvalue weighted by Crippen LogP contribution is 2.41. The molecular weight excluding hydrogens is 406 g/mol. The number of ether oxygens (including phenoxy) is 2. The van der Waals surface area contributed by atoms with E-state index in [1.54, 1.807) is 42.5 Å². The van der Waals surface area contributed by atoms with Gasteiger partial charge in [0, 0.05) is 13.8 Å². The normalized spacial score (nSPS) is 15.4. The first-order valence-corrected chi connectivity index (χ1v) is 10.1. The minimum Gasteiger partial charge on any atom is -0.490 e. The Morgan fingerprint density at radius 3 is 2.47 bits per heavy atom. The standard InChI is InChI=1S/C21H21N3O5S/c1-4-28-18-12-16(19-24(14(3)26)23-21(30-19)22-13(2)25)10-11-17(18)29-20(27)15-8-6-5-7-9-15/h5-12,19H,4H2,1-3H3,(H,22,23,25)/t19-/m0/s1. The van der Waals surface area contributed by atoms with Gasteiger partial charge in [-0.3, -0.25) is 9.59 Å². The van der Waals surface area contributed by atoms with Crippen LogP contribution >= 0.6 is 11.8 Å². The fourth-order valence-electron chi connectivity index (χ4n) is 2.74. The average Bonchev–Trinajstić information content (AvgIpc) is 3.13. The fraction of sp³-hybridized carbons (Fsp3) is 0.238. The molecule has 2 amide bonds. The summed E-state index contributed by atoms with van der Waals surface area (Å²) >= 11 is 1.23. The molecule has 8 nitrogen and oxygen atoms in total. The van der Waals surface area contributed by atoms with Crippen LogP contribution in [0.2, 0.25) is 0 Å². The van der Waals surface area contributed by atoms with Gasteiger partial charge in [-0.25, -0.2) is 9.80 Å². The van der Waals surface area contributed by atoms with E-state index in [0.717, 1.165) is 0 Å². The summed E-state index contributed by atoms with van der Waals surface area (Å²) < 4.78 is 11.2. The number of amidine groups is 1. The van der Waals surface area contributed by atoms with Gasteiger partial charge in [0.25, 0.3) is 0 Å². The van der Waals surface area contributed by atoms with Gasteiger partial charge in [-0.1, -0.05) is 36.0 Å². The van der Waals surface area contributed by atoms with E-state index in [4.69, 9.17) is 9.47 Å². The van der Waals surface area contributed by atoms with Crippen LogP contribution in [0.1, 0.15) is 42.1 Å². The van der Waals surface area contributed by atoms with Crippen molar-refractivity contribution >= 4 is 34.7 Å². The number of rotatable bonds is 5. The third-order valence-corrected chi connectivity index (χ3v) is 5.12. The van der Waals surface area contributed by atoms with Gasteiger partial charge in [0.05, 0.1) is 12.2 Å². The first-order chi connectivity index (χ1) is 14.4. The summed E-state index contributed by atoms with van der Waals surface area (Å²) in [5.74, 6) is -0.402. The minimum absolute atomic E-state index is 0.273. The van der Waals surface area contributed by atoms with E-state index in [-0.39, 0.29) is 17.6 Å². The van der Waals surface area contributed by atoms with Crippen LogP contribution in [-0.4, -0.2) is 34.6 Å². The van der Waals surface area contributed by atoms with E-state index in [2.05, 4.69) is 10.4 Å². The maximum absolute atomic E-state index is 12.4. The monoisotopic (exact) mass is 427 g/mol. The number of carbonyl (C=O) groups is 3. The van der Waals surface area contributed by atoms with Crippen molar-refractivity contribution in [2.75, 3.05) is 6.61 Å². The molecule has 0 saturated heterocycles. The van der Waals surface area contributed by atoms with Gasteiger partial charge in [-0.05, 0) is 36.8 Å². The Bertz CT molecular complexity index is 993. The Labute approximate surface area is 178 Å². The van der Waals surface area contributed by atoms with Crippen molar-refractivity contribution in [2.24, 2.45) is 5.10 Å². The molecule has 1 aliphatic rings. The van der Waals surface area contributed by atoms with Crippen LogP contribution in [-0.2, 0) is 9.59 Å². The largest absolute Gasteiger partial charge is 0.490 e. The first-order valence-electron chi connectivity index (χ1n) is 9.25. The molecule has 2 aromatic rings. The molecular formula is C21H21N3O5S. The maximum atomic E-state index is 12.4. The third kappa shape index (κ3) is 4.98. The molecule has 1 heterocycles. The van der Waals surface area contributed by atoms with E-state index >= 15 is 0 Å². The maximum Gasteiger partial charge on any atom is 0.343 e. The molecule has 0 saturated carbocycles. The van der Waals surface area contributed by atoms with Crippen molar-refractivity contribution in [1.82, 2.24) is 10.3 Å². The molecule has 156 valence electrons. The molecule has 2 aromatic carbocycles. The second-order valence-corrected chi connectivity index (χ2v) is 7.38. The molecule has 0 unspecified atom stereocenters. The summed E-state index contributed by atoms with van der Waals surface area (Å²) in [6.45, 7) is 4.95. The van der Waals surface area contributed by atoms with Gasteiger partial charge in [-0.15, -0.1) is 5.10 Å². The number of carbonyl (C=O) groups excluding carboxylic acids is 3. The zero-order valence-corrected chi connectivity index (χ0v) is 17.6. The van der Waals surface area contributed by atoms with Gasteiger partial charge < -0.3 is 14.8 Å². The van der Waals surface area contributed by atoms with Crippen LogP contribution in [0.3, 0.4) is 0 Å². The second-order valence-electron chi connectivity index (χ2n) is 6.31. The highest BCUT2D eigenvalue weighted by Gasteiger charge is 2.33. The quantitative estimate of drug-likeness (QED) is 0.581. The molecule has 0 aromatic heterocycles. The van der Waals surface area contributed by atoms with E-state index < -0.39 is 11.3 Å². The lowest BCUT2D eigenvalue weighted by Gasteiger charge is -2.20. The SMILES string of the molecule is CCOc1cc([C@@H]2SC(NC(C)=O)=NN2C(C)=O)ccc1OC(=O)c1ccccc1. The molecule has 3 rings (SSSR count). The Kier molecular flexibility index (Phi) is 6.73. The van der Waals surface area contributed by atoms with Gasteiger partial charge in [0.1, 0.15) is 5.37 Å². The lowest BCUT2D eigenvalue weighted by Crippen LogP contribution is -2.25. The Hall–Kier alpha value is -3.33. The smallest absolute Gasteiger partial charge is 0.343 e. The summed E-state index contributed by atoms with van der Waals surface area (Å²) in [5, 5.41) is 7.92. The highest BCUT2D eigenvalue weighted by molar-refractivity contribution is 8.14. The highest BCUT2D eigenvalue weighted by atomic mass is 32.2. The van der Waals surface area contributed by atoms with Crippen LogP contribution in [0, 0.1) is 0 Å². The van der Waals surface area contributed by atoms with Crippen molar-refractivity contribution in [3.05, 3.63) is 59.7 Å². The zero-order valence-electron chi connectivity index (χ0n) is 16.7. The number of nitrogens with one attached hydrogen (secondary N) is 1. The minimum atomic E-state index is -0.499. The summed E-state index contributed by atoms with van der Waals surface area (Å²) in [7, 11) is 0. The van der Waals surface area contributed by atoms with Gasteiger partial charge in [-0.2, -0.15) is 0 Å². The van der Waals surface area contributed by atoms with Crippen molar-refractivity contribution in [1.29, 1.82) is 0 Å². The topological polar surface area (TPSA) is 97.3 Å².